The standard InChI is InChI=1S/C9H10N4O5/c14-12(15)8-1-6-7(18-5-11-6)9(2-8,13(16)17)4-10-3-8/h5,10H,1-4H2. The van der Waals surface area contributed by atoms with Crippen molar-refractivity contribution in [3.8, 4) is 0 Å². The molecule has 2 unspecified atom stereocenters. The van der Waals surface area contributed by atoms with Crippen LogP contribution in [0.2, 0.25) is 0 Å². The van der Waals surface area contributed by atoms with Crippen LogP contribution < -0.4 is 5.32 Å². The molecule has 2 bridgehead atoms. The maximum atomic E-state index is 11.4. The van der Waals surface area contributed by atoms with Gasteiger partial charge in [-0.1, -0.05) is 0 Å². The molecule has 1 aromatic heterocycles. The SMILES string of the molecule is O=[N+]([O-])C12CNCC([N+](=O)[O-])(C1)c1ocnc1C2. The fourth-order valence-electron chi connectivity index (χ4n) is 2.95. The van der Waals surface area contributed by atoms with Crippen LogP contribution in [0.3, 0.4) is 0 Å². The van der Waals surface area contributed by atoms with Gasteiger partial charge in [-0.3, -0.25) is 20.2 Å². The Morgan fingerprint density at radius 3 is 2.78 bits per heavy atom. The highest BCUT2D eigenvalue weighted by Crippen LogP contribution is 2.45. The Kier molecular flexibility index (Phi) is 2.00. The Bertz CT molecular complexity index is 543. The second-order valence-corrected chi connectivity index (χ2v) is 4.86. The molecular formula is C9H10N4O5. The number of nitro groups is 2. The average Bonchev–Trinajstić information content (AvgIpc) is 2.77. The van der Waals surface area contributed by atoms with Crippen molar-refractivity contribution in [1.82, 2.24) is 10.3 Å². The first-order valence-electron chi connectivity index (χ1n) is 5.43. The molecule has 1 fully saturated rings. The minimum Gasteiger partial charge on any atom is -0.441 e. The molecule has 18 heavy (non-hydrogen) atoms. The van der Waals surface area contributed by atoms with Crippen LogP contribution in [0.25, 0.3) is 0 Å². The minimum absolute atomic E-state index is 0.0256. The van der Waals surface area contributed by atoms with Gasteiger partial charge in [0.25, 0.3) is 5.54 Å². The van der Waals surface area contributed by atoms with E-state index in [1.54, 1.807) is 0 Å². The number of nitrogens with zero attached hydrogens (tertiary/aromatic N) is 3. The van der Waals surface area contributed by atoms with Crippen molar-refractivity contribution in [2.45, 2.75) is 23.9 Å². The van der Waals surface area contributed by atoms with Crippen molar-refractivity contribution in [2.24, 2.45) is 0 Å². The lowest BCUT2D eigenvalue weighted by molar-refractivity contribution is -0.631. The van der Waals surface area contributed by atoms with Crippen molar-refractivity contribution < 1.29 is 14.3 Å². The topological polar surface area (TPSA) is 124 Å². The predicted octanol–water partition coefficient (Wildman–Crippen LogP) is -0.289. The zero-order valence-electron chi connectivity index (χ0n) is 9.29. The lowest BCUT2D eigenvalue weighted by atomic mass is 9.70. The van der Waals surface area contributed by atoms with Crippen LogP contribution in [0.5, 0.6) is 0 Å². The van der Waals surface area contributed by atoms with Crippen molar-refractivity contribution in [2.75, 3.05) is 13.1 Å². The largest absolute Gasteiger partial charge is 0.441 e. The molecule has 0 aromatic carbocycles. The zero-order chi connectivity index (χ0) is 13.0. The van der Waals surface area contributed by atoms with Gasteiger partial charge in [-0.25, -0.2) is 4.98 Å². The third-order valence-electron chi connectivity index (χ3n) is 3.79. The molecule has 0 spiro atoms. The first-order valence-corrected chi connectivity index (χ1v) is 5.43. The molecule has 2 heterocycles. The van der Waals surface area contributed by atoms with E-state index in [4.69, 9.17) is 4.42 Å². The molecule has 1 N–H and O–H groups in total. The Balaban J connectivity index is 2.21. The number of hydrogen-bond donors (Lipinski definition) is 1. The second-order valence-electron chi connectivity index (χ2n) is 4.86. The Morgan fingerprint density at radius 1 is 1.33 bits per heavy atom. The van der Waals surface area contributed by atoms with Crippen LogP contribution in [0.4, 0.5) is 0 Å². The Morgan fingerprint density at radius 2 is 2.11 bits per heavy atom. The number of fused-ring (bicyclic) bond motifs is 4. The summed E-state index contributed by atoms with van der Waals surface area (Å²) in [7, 11) is 0. The smallest absolute Gasteiger partial charge is 0.299 e. The van der Waals surface area contributed by atoms with E-state index in [1.807, 2.05) is 0 Å². The summed E-state index contributed by atoms with van der Waals surface area (Å²) in [4.78, 5) is 25.6. The van der Waals surface area contributed by atoms with E-state index < -0.39 is 20.9 Å². The fourth-order valence-corrected chi connectivity index (χ4v) is 2.95. The highest BCUT2D eigenvalue weighted by Gasteiger charge is 2.67. The number of oxazole rings is 1. The van der Waals surface area contributed by atoms with Gasteiger partial charge in [-0.2, -0.15) is 0 Å². The van der Waals surface area contributed by atoms with E-state index in [0.717, 1.165) is 6.39 Å². The third-order valence-corrected chi connectivity index (χ3v) is 3.79. The molecule has 1 aliphatic heterocycles. The van der Waals surface area contributed by atoms with Crippen molar-refractivity contribution in [1.29, 1.82) is 0 Å². The fraction of sp³-hybridized carbons (Fsp3) is 0.667. The normalized spacial score (nSPS) is 33.8. The number of piperidine rings is 1. The molecule has 9 nitrogen and oxygen atoms in total. The van der Waals surface area contributed by atoms with Crippen LogP contribution in [-0.4, -0.2) is 33.5 Å². The van der Waals surface area contributed by atoms with Gasteiger partial charge in [0.2, 0.25) is 11.3 Å². The van der Waals surface area contributed by atoms with Crippen molar-refractivity contribution >= 4 is 0 Å². The first kappa shape index (κ1) is 11.1. The lowest BCUT2D eigenvalue weighted by Gasteiger charge is -2.39. The van der Waals surface area contributed by atoms with Gasteiger partial charge in [-0.05, 0) is 0 Å². The van der Waals surface area contributed by atoms with Crippen LogP contribution in [0.15, 0.2) is 10.8 Å². The average molecular weight is 254 g/mol. The number of rotatable bonds is 2. The molecule has 0 radical (unpaired) electrons. The molecule has 2 atom stereocenters. The quantitative estimate of drug-likeness (QED) is 0.567. The Hall–Kier alpha value is -2.03. The van der Waals surface area contributed by atoms with Crippen LogP contribution in [0, 0.1) is 20.2 Å². The predicted molar refractivity (Wildman–Crippen MR) is 56.1 cm³/mol. The van der Waals surface area contributed by atoms with Gasteiger partial charge in [0.05, 0.1) is 31.6 Å². The molecule has 2 aliphatic rings. The summed E-state index contributed by atoms with van der Waals surface area (Å²) in [5.74, 6) is 0.150. The summed E-state index contributed by atoms with van der Waals surface area (Å²) in [6, 6.07) is 0. The molecule has 9 heteroatoms. The second kappa shape index (κ2) is 3.25. The van der Waals surface area contributed by atoms with Gasteiger partial charge in [0.1, 0.15) is 0 Å². The first-order chi connectivity index (χ1) is 8.50. The number of hydrogen-bond acceptors (Lipinski definition) is 7. The van der Waals surface area contributed by atoms with Crippen LogP contribution in [-0.2, 0) is 12.0 Å². The number of aromatic nitrogens is 1. The zero-order valence-corrected chi connectivity index (χ0v) is 9.29. The van der Waals surface area contributed by atoms with E-state index in [9.17, 15) is 20.2 Å². The molecule has 1 aromatic rings. The van der Waals surface area contributed by atoms with Gasteiger partial charge < -0.3 is 9.73 Å². The van der Waals surface area contributed by atoms with Crippen molar-refractivity contribution in [3.63, 3.8) is 0 Å². The summed E-state index contributed by atoms with van der Waals surface area (Å²) in [5, 5.41) is 25.4. The maximum absolute atomic E-state index is 11.4. The van der Waals surface area contributed by atoms with Crippen LogP contribution in [0.1, 0.15) is 17.9 Å². The summed E-state index contributed by atoms with van der Waals surface area (Å²) in [6.45, 7) is 0.139. The Labute approximate surface area is 100 Å². The molecule has 96 valence electrons. The maximum Gasteiger partial charge on any atom is 0.299 e. The third kappa shape index (κ3) is 1.16. The molecule has 0 amide bonds. The van der Waals surface area contributed by atoms with Gasteiger partial charge >= 0.3 is 0 Å². The summed E-state index contributed by atoms with van der Waals surface area (Å²) < 4.78 is 5.12. The molecule has 3 rings (SSSR count). The summed E-state index contributed by atoms with van der Waals surface area (Å²) >= 11 is 0. The molecular weight excluding hydrogens is 244 g/mol. The van der Waals surface area contributed by atoms with E-state index in [2.05, 4.69) is 10.3 Å². The van der Waals surface area contributed by atoms with Gasteiger partial charge in [0, 0.05) is 9.85 Å². The van der Waals surface area contributed by atoms with Gasteiger partial charge in [0.15, 0.2) is 6.39 Å². The minimum atomic E-state index is -1.57. The van der Waals surface area contributed by atoms with E-state index in [0.29, 0.717) is 5.69 Å². The van der Waals surface area contributed by atoms with E-state index in [1.165, 1.54) is 0 Å². The molecule has 1 saturated heterocycles. The summed E-state index contributed by atoms with van der Waals surface area (Å²) in [6.07, 6.45) is 1.02. The highest BCUT2D eigenvalue weighted by molar-refractivity contribution is 5.27. The van der Waals surface area contributed by atoms with E-state index >= 15 is 0 Å². The number of nitrogens with one attached hydrogen (secondary N) is 1. The van der Waals surface area contributed by atoms with Gasteiger partial charge in [-0.15, -0.1) is 0 Å². The van der Waals surface area contributed by atoms with E-state index in [-0.39, 0.29) is 31.7 Å². The van der Waals surface area contributed by atoms with Crippen molar-refractivity contribution in [3.05, 3.63) is 38.1 Å². The monoisotopic (exact) mass is 254 g/mol. The lowest BCUT2D eigenvalue weighted by Crippen LogP contribution is -2.66. The highest BCUT2D eigenvalue weighted by atomic mass is 16.6. The molecule has 0 saturated carbocycles. The van der Waals surface area contributed by atoms with Crippen LogP contribution >= 0.6 is 0 Å². The summed E-state index contributed by atoms with van der Waals surface area (Å²) in [5.41, 5.74) is -2.61. The molecule has 1 aliphatic carbocycles.